The van der Waals surface area contributed by atoms with Crippen molar-refractivity contribution < 1.29 is 9.18 Å². The maximum absolute atomic E-state index is 13.1. The molecule has 1 aliphatic heterocycles. The third-order valence-corrected chi connectivity index (χ3v) is 5.41. The number of hydrogen-bond acceptors (Lipinski definition) is 7. The predicted octanol–water partition coefficient (Wildman–Crippen LogP) is 2.64. The highest BCUT2D eigenvalue weighted by Crippen LogP contribution is 2.15. The molecule has 8 nitrogen and oxygen atoms in total. The van der Waals surface area contributed by atoms with Crippen molar-refractivity contribution in [2.45, 2.75) is 51.1 Å². The minimum atomic E-state index is -0.305. The molecule has 32 heavy (non-hydrogen) atoms. The Labute approximate surface area is 189 Å². The molecule has 174 valence electrons. The lowest BCUT2D eigenvalue weighted by molar-refractivity contribution is 0.0951. The number of carbonyl (C=O) groups excluding carboxylic acids is 1. The number of fused-ring (bicyclic) bond motifs is 2. The van der Waals surface area contributed by atoms with Gasteiger partial charge in [0.1, 0.15) is 17.2 Å². The molecule has 0 saturated heterocycles. The second-order valence-corrected chi connectivity index (χ2v) is 8.14. The van der Waals surface area contributed by atoms with Crippen LogP contribution in [0.3, 0.4) is 0 Å². The largest absolute Gasteiger partial charge is 0.369 e. The van der Waals surface area contributed by atoms with Gasteiger partial charge in [0.05, 0.1) is 0 Å². The molecule has 1 aromatic carbocycles. The van der Waals surface area contributed by atoms with E-state index in [1.165, 1.54) is 18.6 Å². The fourth-order valence-corrected chi connectivity index (χ4v) is 3.54. The summed E-state index contributed by atoms with van der Waals surface area (Å²) in [5, 5.41) is 12.8. The van der Waals surface area contributed by atoms with Crippen molar-refractivity contribution in [1.82, 2.24) is 20.6 Å². The maximum atomic E-state index is 13.1. The van der Waals surface area contributed by atoms with Crippen LogP contribution in [0, 0.1) is 5.82 Å². The highest BCUT2D eigenvalue weighted by molar-refractivity contribution is 5.98. The van der Waals surface area contributed by atoms with E-state index in [2.05, 4.69) is 31.2 Å². The number of nitrogens with two attached hydrogens (primary N) is 1. The van der Waals surface area contributed by atoms with E-state index in [9.17, 15) is 9.18 Å². The Kier molecular flexibility index (Phi) is 9.64. The summed E-state index contributed by atoms with van der Waals surface area (Å²) in [6.45, 7) is 3.55. The van der Waals surface area contributed by atoms with Crippen LogP contribution in [0.25, 0.3) is 0 Å². The van der Waals surface area contributed by atoms with E-state index in [-0.39, 0.29) is 17.8 Å². The first-order valence-corrected chi connectivity index (χ1v) is 11.5. The molecule has 0 aliphatic carbocycles. The van der Waals surface area contributed by atoms with Gasteiger partial charge in [0.15, 0.2) is 0 Å². The fraction of sp³-hybridized carbons (Fsp3) is 0.522. The predicted molar refractivity (Wildman–Crippen MR) is 125 cm³/mol. The lowest BCUT2D eigenvalue weighted by Gasteiger charge is -2.15. The van der Waals surface area contributed by atoms with Gasteiger partial charge in [-0.05, 0) is 49.9 Å². The minimum Gasteiger partial charge on any atom is -0.369 e. The van der Waals surface area contributed by atoms with E-state index in [1.54, 1.807) is 18.3 Å². The second kappa shape index (κ2) is 12.9. The van der Waals surface area contributed by atoms with E-state index in [0.29, 0.717) is 30.4 Å². The zero-order chi connectivity index (χ0) is 22.6. The number of hydrogen-bond donors (Lipinski definition) is 5. The average molecular weight is 444 g/mol. The molecule has 1 aromatic heterocycles. The Balaban J connectivity index is 1.65. The molecule has 1 amide bonds. The third kappa shape index (κ3) is 8.05. The van der Waals surface area contributed by atoms with E-state index < -0.39 is 0 Å². The van der Waals surface area contributed by atoms with E-state index >= 15 is 0 Å². The van der Waals surface area contributed by atoms with Crippen LogP contribution in [0.5, 0.6) is 0 Å². The molecule has 2 heterocycles. The first kappa shape index (κ1) is 23.9. The Morgan fingerprint density at radius 3 is 2.62 bits per heavy atom. The van der Waals surface area contributed by atoms with Gasteiger partial charge in [0.2, 0.25) is 5.95 Å². The molecule has 2 aromatic rings. The van der Waals surface area contributed by atoms with E-state index in [4.69, 9.17) is 5.73 Å². The number of carbonyl (C=O) groups is 1. The minimum absolute atomic E-state index is 0.105. The second-order valence-electron chi connectivity index (χ2n) is 8.14. The Hall–Kier alpha value is -2.78. The van der Waals surface area contributed by atoms with Crippen molar-refractivity contribution in [3.8, 4) is 0 Å². The molecule has 0 saturated carbocycles. The molecule has 0 fully saturated rings. The van der Waals surface area contributed by atoms with Gasteiger partial charge in [0, 0.05) is 38.4 Å². The summed E-state index contributed by atoms with van der Waals surface area (Å²) in [5.41, 5.74) is 7.39. The smallest absolute Gasteiger partial charge is 0.256 e. The Morgan fingerprint density at radius 2 is 1.81 bits per heavy atom. The first-order valence-electron chi connectivity index (χ1n) is 11.5. The van der Waals surface area contributed by atoms with Gasteiger partial charge in [-0.25, -0.2) is 9.37 Å². The van der Waals surface area contributed by atoms with Gasteiger partial charge in [-0.2, -0.15) is 4.98 Å². The van der Waals surface area contributed by atoms with Crippen LogP contribution in [0.2, 0.25) is 0 Å². The molecule has 0 spiro atoms. The maximum Gasteiger partial charge on any atom is 0.256 e. The molecule has 1 atom stereocenters. The summed E-state index contributed by atoms with van der Waals surface area (Å²) in [6, 6.07) is 6.15. The van der Waals surface area contributed by atoms with Gasteiger partial charge in [-0.3, -0.25) is 4.79 Å². The lowest BCUT2D eigenvalue weighted by atomic mass is 10.1. The molecule has 0 radical (unpaired) electrons. The SMILES string of the molecule is N[C@H]1CCCNc2nc(ncc2C(=O)NCc2ccc(F)cc2)NCCCCCCNC1. The number of nitrogens with one attached hydrogen (secondary N) is 4. The van der Waals surface area contributed by atoms with Gasteiger partial charge in [-0.15, -0.1) is 0 Å². The monoisotopic (exact) mass is 443 g/mol. The quantitative estimate of drug-likeness (QED) is 0.495. The Morgan fingerprint density at radius 1 is 1.06 bits per heavy atom. The van der Waals surface area contributed by atoms with E-state index in [0.717, 1.165) is 57.3 Å². The normalized spacial score (nSPS) is 18.6. The van der Waals surface area contributed by atoms with Crippen molar-refractivity contribution in [2.24, 2.45) is 5.73 Å². The van der Waals surface area contributed by atoms with Crippen LogP contribution in [-0.2, 0) is 6.54 Å². The lowest BCUT2D eigenvalue weighted by Crippen LogP contribution is -2.34. The number of aromatic nitrogens is 2. The summed E-state index contributed by atoms with van der Waals surface area (Å²) in [4.78, 5) is 21.7. The number of benzene rings is 1. The van der Waals surface area contributed by atoms with Gasteiger partial charge < -0.3 is 27.0 Å². The standard InChI is InChI=1S/C23H34FN7O/c24-18-9-7-17(8-10-18)14-29-22(32)20-16-30-23-28-12-4-2-1-3-11-26-15-19(25)6-5-13-27-21(20)31-23/h7-10,16,19,26H,1-6,11-15,25H2,(H,29,32)(H2,27,28,30,31)/t19-/m0/s1. The van der Waals surface area contributed by atoms with Crippen molar-refractivity contribution in [3.63, 3.8) is 0 Å². The molecule has 9 heteroatoms. The van der Waals surface area contributed by atoms with Crippen LogP contribution in [0.15, 0.2) is 30.5 Å². The van der Waals surface area contributed by atoms with Gasteiger partial charge in [0.25, 0.3) is 5.91 Å². The van der Waals surface area contributed by atoms with Crippen molar-refractivity contribution in [3.05, 3.63) is 47.4 Å². The third-order valence-electron chi connectivity index (χ3n) is 5.41. The van der Waals surface area contributed by atoms with Crippen LogP contribution in [0.4, 0.5) is 16.2 Å². The zero-order valence-corrected chi connectivity index (χ0v) is 18.5. The highest BCUT2D eigenvalue weighted by Gasteiger charge is 2.15. The molecule has 3 rings (SSSR count). The molecule has 2 bridgehead atoms. The molecule has 1 aliphatic rings. The van der Waals surface area contributed by atoms with Crippen LogP contribution >= 0.6 is 0 Å². The van der Waals surface area contributed by atoms with E-state index in [1.807, 2.05) is 0 Å². The van der Waals surface area contributed by atoms with Crippen LogP contribution in [-0.4, -0.2) is 48.1 Å². The molecule has 0 unspecified atom stereocenters. The summed E-state index contributed by atoms with van der Waals surface area (Å²) < 4.78 is 13.1. The summed E-state index contributed by atoms with van der Waals surface area (Å²) >= 11 is 0. The fourth-order valence-electron chi connectivity index (χ4n) is 3.54. The number of halogens is 1. The summed E-state index contributed by atoms with van der Waals surface area (Å²) in [6.07, 6.45) is 7.78. The van der Waals surface area contributed by atoms with Crippen molar-refractivity contribution in [1.29, 1.82) is 0 Å². The average Bonchev–Trinajstić information content (AvgIpc) is 2.80. The van der Waals surface area contributed by atoms with Crippen molar-refractivity contribution >= 4 is 17.7 Å². The highest BCUT2D eigenvalue weighted by atomic mass is 19.1. The number of amides is 1. The molecule has 6 N–H and O–H groups in total. The zero-order valence-electron chi connectivity index (χ0n) is 18.5. The van der Waals surface area contributed by atoms with Crippen LogP contribution in [0.1, 0.15) is 54.4 Å². The first-order chi connectivity index (χ1) is 15.6. The summed E-state index contributed by atoms with van der Waals surface area (Å²) in [5.74, 6) is 0.413. The molecular weight excluding hydrogens is 409 g/mol. The number of rotatable bonds is 3. The topological polar surface area (TPSA) is 117 Å². The van der Waals surface area contributed by atoms with Crippen LogP contribution < -0.4 is 27.0 Å². The number of nitrogens with zero attached hydrogens (tertiary/aromatic N) is 2. The summed E-state index contributed by atoms with van der Waals surface area (Å²) in [7, 11) is 0. The number of anilines is 2. The molecular formula is C23H34FN7O. The van der Waals surface area contributed by atoms with Gasteiger partial charge in [-0.1, -0.05) is 25.0 Å². The Bertz CT molecular complexity index is 847. The van der Waals surface area contributed by atoms with Gasteiger partial charge >= 0.3 is 0 Å². The van der Waals surface area contributed by atoms with Crippen molar-refractivity contribution in [2.75, 3.05) is 36.8 Å².